The van der Waals surface area contributed by atoms with Crippen LogP contribution < -0.4 is 5.32 Å². The lowest BCUT2D eigenvalue weighted by Crippen LogP contribution is -2.24. The van der Waals surface area contributed by atoms with Gasteiger partial charge in [-0.1, -0.05) is 23.9 Å². The standard InChI is InChI=1S/C11H13N3OS/c1-2-12-10(15)7-16-11-13-8-5-3-4-6-9(8)14-11/h3-6H,2,7H2,1H3,(H,12,15)(H,13,14). The molecule has 1 heterocycles. The van der Waals surface area contributed by atoms with Crippen molar-refractivity contribution in [2.45, 2.75) is 12.1 Å². The highest BCUT2D eigenvalue weighted by molar-refractivity contribution is 7.99. The Labute approximate surface area is 97.8 Å². The van der Waals surface area contributed by atoms with E-state index in [9.17, 15) is 4.79 Å². The van der Waals surface area contributed by atoms with Crippen molar-refractivity contribution in [3.05, 3.63) is 24.3 Å². The van der Waals surface area contributed by atoms with Gasteiger partial charge in [0.05, 0.1) is 16.8 Å². The molecule has 4 nitrogen and oxygen atoms in total. The van der Waals surface area contributed by atoms with Crippen LogP contribution >= 0.6 is 11.8 Å². The average molecular weight is 235 g/mol. The predicted octanol–water partition coefficient (Wildman–Crippen LogP) is 1.79. The number of nitrogens with one attached hydrogen (secondary N) is 2. The molecule has 2 aromatic rings. The Morgan fingerprint density at radius 2 is 2.31 bits per heavy atom. The number of hydrogen-bond donors (Lipinski definition) is 2. The summed E-state index contributed by atoms with van der Waals surface area (Å²) in [5.74, 6) is 0.432. The van der Waals surface area contributed by atoms with Crippen LogP contribution in [0.25, 0.3) is 11.0 Å². The summed E-state index contributed by atoms with van der Waals surface area (Å²) in [7, 11) is 0. The summed E-state index contributed by atoms with van der Waals surface area (Å²) in [6.45, 7) is 2.57. The Bertz CT molecular complexity index is 462. The minimum absolute atomic E-state index is 0.0351. The largest absolute Gasteiger partial charge is 0.356 e. The Kier molecular flexibility index (Phi) is 3.46. The summed E-state index contributed by atoms with van der Waals surface area (Å²) >= 11 is 1.42. The summed E-state index contributed by atoms with van der Waals surface area (Å²) in [6.07, 6.45) is 0. The van der Waals surface area contributed by atoms with E-state index in [4.69, 9.17) is 0 Å². The third-order valence-electron chi connectivity index (χ3n) is 2.08. The molecule has 0 bridgehead atoms. The lowest BCUT2D eigenvalue weighted by Gasteiger charge is -1.98. The molecule has 0 aliphatic heterocycles. The van der Waals surface area contributed by atoms with E-state index in [1.54, 1.807) is 0 Å². The summed E-state index contributed by atoms with van der Waals surface area (Å²) in [4.78, 5) is 18.8. The maximum Gasteiger partial charge on any atom is 0.230 e. The molecule has 1 amide bonds. The number of benzene rings is 1. The second kappa shape index (κ2) is 5.03. The van der Waals surface area contributed by atoms with Gasteiger partial charge in [-0.15, -0.1) is 0 Å². The molecule has 0 fully saturated rings. The number of nitrogens with zero attached hydrogens (tertiary/aromatic N) is 1. The molecule has 2 rings (SSSR count). The fourth-order valence-electron chi connectivity index (χ4n) is 1.38. The van der Waals surface area contributed by atoms with Crippen LogP contribution in [0.1, 0.15) is 6.92 Å². The number of H-pyrrole nitrogens is 1. The van der Waals surface area contributed by atoms with Gasteiger partial charge in [0, 0.05) is 6.54 Å². The van der Waals surface area contributed by atoms with Gasteiger partial charge in [-0.3, -0.25) is 4.79 Å². The van der Waals surface area contributed by atoms with Gasteiger partial charge < -0.3 is 10.3 Å². The first kappa shape index (κ1) is 11.0. The van der Waals surface area contributed by atoms with Gasteiger partial charge in [0.2, 0.25) is 5.91 Å². The third-order valence-corrected chi connectivity index (χ3v) is 2.95. The molecule has 0 aliphatic rings. The average Bonchev–Trinajstić information content (AvgIpc) is 2.69. The van der Waals surface area contributed by atoms with Gasteiger partial charge in [0.15, 0.2) is 5.16 Å². The number of aromatic amines is 1. The van der Waals surface area contributed by atoms with Crippen molar-refractivity contribution in [1.29, 1.82) is 0 Å². The number of carbonyl (C=O) groups is 1. The molecule has 0 unspecified atom stereocenters. The quantitative estimate of drug-likeness (QED) is 0.794. The number of imidazole rings is 1. The molecular formula is C11H13N3OS. The highest BCUT2D eigenvalue weighted by Gasteiger charge is 2.05. The van der Waals surface area contributed by atoms with Gasteiger partial charge in [0.25, 0.3) is 0 Å². The summed E-state index contributed by atoms with van der Waals surface area (Å²) in [6, 6.07) is 7.82. The summed E-state index contributed by atoms with van der Waals surface area (Å²) in [5, 5.41) is 3.53. The Balaban J connectivity index is 2.02. The predicted molar refractivity (Wildman–Crippen MR) is 65.5 cm³/mol. The van der Waals surface area contributed by atoms with Crippen molar-refractivity contribution in [2.24, 2.45) is 0 Å². The fraction of sp³-hybridized carbons (Fsp3) is 0.273. The monoisotopic (exact) mass is 235 g/mol. The van der Waals surface area contributed by atoms with Crippen LogP contribution in [0, 0.1) is 0 Å². The molecule has 84 valence electrons. The first-order valence-corrected chi connectivity index (χ1v) is 6.12. The third kappa shape index (κ3) is 2.55. The number of hydrogen-bond acceptors (Lipinski definition) is 3. The highest BCUT2D eigenvalue weighted by Crippen LogP contribution is 2.18. The first-order valence-electron chi connectivity index (χ1n) is 5.14. The minimum atomic E-state index is 0.0351. The van der Waals surface area contributed by atoms with Gasteiger partial charge in [-0.25, -0.2) is 4.98 Å². The van der Waals surface area contributed by atoms with Crippen molar-refractivity contribution in [2.75, 3.05) is 12.3 Å². The Morgan fingerprint density at radius 3 is 3.06 bits per heavy atom. The fourth-order valence-corrected chi connectivity index (χ4v) is 2.09. The molecule has 2 N–H and O–H groups in total. The second-order valence-electron chi connectivity index (χ2n) is 3.30. The van der Waals surface area contributed by atoms with Crippen molar-refractivity contribution < 1.29 is 4.79 Å². The smallest absolute Gasteiger partial charge is 0.230 e. The minimum Gasteiger partial charge on any atom is -0.356 e. The zero-order valence-electron chi connectivity index (χ0n) is 8.99. The van der Waals surface area contributed by atoms with Crippen LogP contribution in [0.15, 0.2) is 29.4 Å². The molecule has 0 radical (unpaired) electrons. The molecule has 0 spiro atoms. The van der Waals surface area contributed by atoms with Crippen molar-refractivity contribution >= 4 is 28.7 Å². The lowest BCUT2D eigenvalue weighted by molar-refractivity contribution is -0.118. The highest BCUT2D eigenvalue weighted by atomic mass is 32.2. The molecule has 0 atom stereocenters. The van der Waals surface area contributed by atoms with Gasteiger partial charge in [-0.05, 0) is 19.1 Å². The number of para-hydroxylation sites is 2. The van der Waals surface area contributed by atoms with Crippen LogP contribution in [0.4, 0.5) is 0 Å². The molecule has 1 aromatic carbocycles. The lowest BCUT2D eigenvalue weighted by atomic mass is 10.3. The number of aromatic nitrogens is 2. The second-order valence-corrected chi connectivity index (χ2v) is 4.27. The van der Waals surface area contributed by atoms with E-state index >= 15 is 0 Å². The summed E-state index contributed by atoms with van der Waals surface area (Å²) in [5.41, 5.74) is 1.93. The molecule has 0 saturated heterocycles. The first-order chi connectivity index (χ1) is 7.79. The van der Waals surface area contributed by atoms with Crippen molar-refractivity contribution in [1.82, 2.24) is 15.3 Å². The summed E-state index contributed by atoms with van der Waals surface area (Å²) < 4.78 is 0. The number of carbonyl (C=O) groups excluding carboxylic acids is 1. The maximum atomic E-state index is 11.3. The van der Waals surface area contributed by atoms with E-state index in [0.717, 1.165) is 16.2 Å². The number of amides is 1. The Hall–Kier alpha value is -1.49. The molecule has 1 aromatic heterocycles. The van der Waals surface area contributed by atoms with E-state index in [1.165, 1.54) is 11.8 Å². The van der Waals surface area contributed by atoms with E-state index in [-0.39, 0.29) is 5.91 Å². The zero-order chi connectivity index (χ0) is 11.4. The number of fused-ring (bicyclic) bond motifs is 1. The van der Waals surface area contributed by atoms with Crippen LogP contribution in [-0.4, -0.2) is 28.2 Å². The zero-order valence-corrected chi connectivity index (χ0v) is 9.80. The van der Waals surface area contributed by atoms with Crippen LogP contribution in [0.5, 0.6) is 0 Å². The Morgan fingerprint density at radius 1 is 1.50 bits per heavy atom. The van der Waals surface area contributed by atoms with Gasteiger partial charge in [-0.2, -0.15) is 0 Å². The number of rotatable bonds is 4. The van der Waals surface area contributed by atoms with E-state index in [1.807, 2.05) is 31.2 Å². The normalized spacial score (nSPS) is 10.6. The molecule has 0 saturated carbocycles. The topological polar surface area (TPSA) is 57.8 Å². The van der Waals surface area contributed by atoms with Crippen molar-refractivity contribution in [3.8, 4) is 0 Å². The van der Waals surface area contributed by atoms with Crippen LogP contribution in [-0.2, 0) is 4.79 Å². The van der Waals surface area contributed by atoms with E-state index in [2.05, 4.69) is 15.3 Å². The maximum absolute atomic E-state index is 11.3. The molecule has 0 aliphatic carbocycles. The number of thioether (sulfide) groups is 1. The van der Waals surface area contributed by atoms with Gasteiger partial charge in [0.1, 0.15) is 0 Å². The molecule has 16 heavy (non-hydrogen) atoms. The van der Waals surface area contributed by atoms with Crippen LogP contribution in [0.3, 0.4) is 0 Å². The molecular weight excluding hydrogens is 222 g/mol. The SMILES string of the molecule is CCNC(=O)CSc1nc2ccccc2[nH]1. The van der Waals surface area contributed by atoms with Crippen molar-refractivity contribution in [3.63, 3.8) is 0 Å². The molecule has 5 heteroatoms. The van der Waals surface area contributed by atoms with E-state index in [0.29, 0.717) is 12.3 Å². The van der Waals surface area contributed by atoms with E-state index < -0.39 is 0 Å². The van der Waals surface area contributed by atoms with Gasteiger partial charge >= 0.3 is 0 Å². The van der Waals surface area contributed by atoms with Crippen LogP contribution in [0.2, 0.25) is 0 Å².